The lowest BCUT2D eigenvalue weighted by molar-refractivity contribution is 0.0165. The number of aromatic nitrogens is 3. The second-order valence-corrected chi connectivity index (χ2v) is 9.43. The molecule has 0 spiro atoms. The van der Waals surface area contributed by atoms with Gasteiger partial charge >= 0.3 is 6.03 Å². The molecule has 0 radical (unpaired) electrons. The van der Waals surface area contributed by atoms with E-state index in [1.54, 1.807) is 7.11 Å². The van der Waals surface area contributed by atoms with E-state index in [9.17, 15) is 13.2 Å². The van der Waals surface area contributed by atoms with E-state index in [-0.39, 0.29) is 23.5 Å². The zero-order valence-electron chi connectivity index (χ0n) is 16.6. The van der Waals surface area contributed by atoms with E-state index in [0.717, 1.165) is 49.8 Å². The second kappa shape index (κ2) is 7.24. The van der Waals surface area contributed by atoms with Crippen LogP contribution in [0.25, 0.3) is 0 Å². The molecule has 0 saturated carbocycles. The van der Waals surface area contributed by atoms with Crippen LogP contribution in [0.15, 0.2) is 11.1 Å². The van der Waals surface area contributed by atoms with Gasteiger partial charge in [-0.2, -0.15) is 5.10 Å². The number of fused-ring (bicyclic) bond motifs is 4. The van der Waals surface area contributed by atoms with Crippen LogP contribution in [0.2, 0.25) is 0 Å². The molecule has 3 aliphatic rings. The summed E-state index contributed by atoms with van der Waals surface area (Å²) in [4.78, 5) is 17.0. The van der Waals surface area contributed by atoms with E-state index in [4.69, 9.17) is 9.47 Å². The van der Waals surface area contributed by atoms with Gasteiger partial charge in [0.1, 0.15) is 18.5 Å². The Labute approximate surface area is 174 Å². The highest BCUT2D eigenvalue weighted by Gasteiger charge is 2.32. The summed E-state index contributed by atoms with van der Waals surface area (Å²) in [5.74, 6) is 0.562. The Morgan fingerprint density at radius 3 is 2.80 bits per heavy atom. The highest BCUT2D eigenvalue weighted by molar-refractivity contribution is 7.90. The monoisotopic (exact) mass is 433 g/mol. The molecule has 11 heteroatoms. The standard InChI is InChI=1S/C19H23N5O5S/c1-28-11-9-24-18(29-10-11)16(8-20-24)30(26,27)23-19(25)22-17-14-6-2-4-12(14)13-5-3-7-15(13)21-17/h8,11H,2-7,9-10H2,1H3,(H2,21,22,23,25). The first-order valence-electron chi connectivity index (χ1n) is 10.0. The van der Waals surface area contributed by atoms with E-state index >= 15 is 0 Å². The molecular weight excluding hydrogens is 410 g/mol. The number of amides is 2. The number of hydrogen-bond acceptors (Lipinski definition) is 7. The number of methoxy groups -OCH3 is 1. The zero-order chi connectivity index (χ0) is 20.9. The van der Waals surface area contributed by atoms with Gasteiger partial charge in [-0.1, -0.05) is 0 Å². The average Bonchev–Trinajstić information content (AvgIpc) is 3.44. The van der Waals surface area contributed by atoms with E-state index in [1.807, 2.05) is 0 Å². The minimum atomic E-state index is -4.17. The van der Waals surface area contributed by atoms with Crippen molar-refractivity contribution in [2.45, 2.75) is 56.1 Å². The van der Waals surface area contributed by atoms with Crippen LogP contribution in [-0.4, -0.2) is 49.0 Å². The van der Waals surface area contributed by atoms with Crippen molar-refractivity contribution in [2.75, 3.05) is 19.0 Å². The minimum absolute atomic E-state index is 0.0974. The number of sulfonamides is 1. The van der Waals surface area contributed by atoms with Crippen LogP contribution < -0.4 is 14.8 Å². The molecule has 160 valence electrons. The van der Waals surface area contributed by atoms with Gasteiger partial charge in [-0.15, -0.1) is 0 Å². The molecule has 0 aromatic carbocycles. The van der Waals surface area contributed by atoms with E-state index < -0.39 is 16.1 Å². The van der Waals surface area contributed by atoms with Crippen molar-refractivity contribution in [3.05, 3.63) is 28.6 Å². The molecule has 2 aromatic heterocycles. The fraction of sp³-hybridized carbons (Fsp3) is 0.526. The first kappa shape index (κ1) is 19.3. The number of pyridine rings is 1. The Bertz CT molecular complexity index is 1130. The molecule has 1 atom stereocenters. The number of aryl methyl sites for hydroxylation is 1. The van der Waals surface area contributed by atoms with E-state index in [1.165, 1.54) is 22.0 Å². The van der Waals surface area contributed by atoms with Crippen molar-refractivity contribution < 1.29 is 22.7 Å². The SMILES string of the molecule is COC1COc2c(S(=O)(=O)NC(=O)Nc3nc4c(c5c3CCC5)CCC4)cnn2C1. The Morgan fingerprint density at radius 2 is 1.97 bits per heavy atom. The first-order chi connectivity index (χ1) is 14.5. The van der Waals surface area contributed by atoms with Gasteiger partial charge in [0.05, 0.1) is 12.7 Å². The third-order valence-electron chi connectivity index (χ3n) is 5.93. The number of carbonyl (C=O) groups excluding carboxylic acids is 1. The van der Waals surface area contributed by atoms with Crippen molar-refractivity contribution in [1.82, 2.24) is 19.5 Å². The number of carbonyl (C=O) groups is 1. The fourth-order valence-corrected chi connectivity index (χ4v) is 5.49. The van der Waals surface area contributed by atoms with Gasteiger partial charge in [0.15, 0.2) is 4.90 Å². The van der Waals surface area contributed by atoms with E-state index in [2.05, 4.69) is 20.1 Å². The summed E-state index contributed by atoms with van der Waals surface area (Å²) < 4.78 is 39.8. The fourth-order valence-electron chi connectivity index (χ4n) is 4.51. The molecule has 0 fully saturated rings. The Kier molecular flexibility index (Phi) is 4.66. The number of ether oxygens (including phenoxy) is 2. The average molecular weight is 433 g/mol. The van der Waals surface area contributed by atoms with Crippen molar-refractivity contribution in [2.24, 2.45) is 0 Å². The normalized spacial score (nSPS) is 19.6. The highest BCUT2D eigenvalue weighted by Crippen LogP contribution is 2.36. The second-order valence-electron chi connectivity index (χ2n) is 7.77. The van der Waals surface area contributed by atoms with Crippen molar-refractivity contribution >= 4 is 21.9 Å². The van der Waals surface area contributed by atoms with Crippen molar-refractivity contribution in [3.8, 4) is 5.88 Å². The number of rotatable bonds is 4. The number of nitrogens with zero attached hydrogens (tertiary/aromatic N) is 3. The zero-order valence-corrected chi connectivity index (χ0v) is 17.4. The predicted octanol–water partition coefficient (Wildman–Crippen LogP) is 1.17. The van der Waals surface area contributed by atoms with Crippen LogP contribution in [0.1, 0.15) is 35.2 Å². The number of urea groups is 1. The summed E-state index contributed by atoms with van der Waals surface area (Å²) in [6.07, 6.45) is 6.79. The summed E-state index contributed by atoms with van der Waals surface area (Å²) in [6, 6.07) is -0.847. The van der Waals surface area contributed by atoms with Crippen molar-refractivity contribution in [1.29, 1.82) is 0 Å². The van der Waals surface area contributed by atoms with Gasteiger partial charge in [0.25, 0.3) is 10.0 Å². The molecule has 1 aliphatic heterocycles. The summed E-state index contributed by atoms with van der Waals surface area (Å²) in [5.41, 5.74) is 4.64. The number of hydrogen-bond donors (Lipinski definition) is 2. The lowest BCUT2D eigenvalue weighted by Gasteiger charge is -2.23. The summed E-state index contributed by atoms with van der Waals surface area (Å²) >= 11 is 0. The van der Waals surface area contributed by atoms with Gasteiger partial charge in [0, 0.05) is 12.8 Å². The van der Waals surface area contributed by atoms with Crippen LogP contribution in [0.3, 0.4) is 0 Å². The Morgan fingerprint density at radius 1 is 1.20 bits per heavy atom. The highest BCUT2D eigenvalue weighted by atomic mass is 32.2. The lowest BCUT2D eigenvalue weighted by atomic mass is 10.0. The summed E-state index contributed by atoms with van der Waals surface area (Å²) in [6.45, 7) is 0.584. The molecule has 2 N–H and O–H groups in total. The van der Waals surface area contributed by atoms with Gasteiger partial charge in [-0.05, 0) is 55.2 Å². The van der Waals surface area contributed by atoms with Crippen LogP contribution in [0.4, 0.5) is 10.6 Å². The third kappa shape index (κ3) is 3.21. The molecule has 30 heavy (non-hydrogen) atoms. The maximum Gasteiger partial charge on any atom is 0.334 e. The maximum absolute atomic E-state index is 12.8. The number of nitrogens with one attached hydrogen (secondary N) is 2. The van der Waals surface area contributed by atoms with Crippen LogP contribution in [-0.2, 0) is 47.0 Å². The van der Waals surface area contributed by atoms with Gasteiger partial charge in [0.2, 0.25) is 5.88 Å². The Hall–Kier alpha value is -2.66. The van der Waals surface area contributed by atoms with Gasteiger partial charge in [-0.3, -0.25) is 5.32 Å². The maximum atomic E-state index is 12.8. The summed E-state index contributed by atoms with van der Waals surface area (Å²) in [7, 11) is -2.62. The molecule has 3 heterocycles. The largest absolute Gasteiger partial charge is 0.474 e. The molecule has 2 aliphatic carbocycles. The number of anilines is 1. The van der Waals surface area contributed by atoms with Crippen LogP contribution in [0.5, 0.6) is 5.88 Å². The summed E-state index contributed by atoms with van der Waals surface area (Å²) in [5, 5.41) is 6.71. The van der Waals surface area contributed by atoms with Gasteiger partial charge < -0.3 is 9.47 Å². The molecule has 1 unspecified atom stereocenters. The van der Waals surface area contributed by atoms with Crippen molar-refractivity contribution in [3.63, 3.8) is 0 Å². The topological polar surface area (TPSA) is 124 Å². The third-order valence-corrected chi connectivity index (χ3v) is 7.24. The molecular formula is C19H23N5O5S. The predicted molar refractivity (Wildman–Crippen MR) is 106 cm³/mol. The van der Waals surface area contributed by atoms with E-state index in [0.29, 0.717) is 12.4 Å². The molecule has 2 amide bonds. The first-order valence-corrected chi connectivity index (χ1v) is 11.5. The smallest absolute Gasteiger partial charge is 0.334 e. The molecule has 10 nitrogen and oxygen atoms in total. The van der Waals surface area contributed by atoms with Crippen LogP contribution >= 0.6 is 0 Å². The van der Waals surface area contributed by atoms with Gasteiger partial charge in [-0.25, -0.2) is 27.6 Å². The van der Waals surface area contributed by atoms with Crippen LogP contribution in [0, 0.1) is 0 Å². The molecule has 5 rings (SSSR count). The molecule has 0 saturated heterocycles. The molecule has 2 aromatic rings. The minimum Gasteiger partial charge on any atom is -0.474 e. The lowest BCUT2D eigenvalue weighted by Crippen LogP contribution is -2.36. The quantitative estimate of drug-likeness (QED) is 0.742. The molecule has 0 bridgehead atoms. The Balaban J connectivity index is 1.36.